The van der Waals surface area contributed by atoms with Gasteiger partial charge in [0.05, 0.1) is 22.0 Å². The van der Waals surface area contributed by atoms with E-state index in [0.29, 0.717) is 0 Å². The maximum atomic E-state index is 12.0. The molecule has 0 spiro atoms. The Bertz CT molecular complexity index is 636. The van der Waals surface area contributed by atoms with Gasteiger partial charge in [0, 0.05) is 0 Å². The Morgan fingerprint density at radius 2 is 2.00 bits per heavy atom. The van der Waals surface area contributed by atoms with Crippen LogP contribution in [0.3, 0.4) is 0 Å². The molecule has 8 heteroatoms. The van der Waals surface area contributed by atoms with Gasteiger partial charge < -0.3 is 9.47 Å². The number of benzene rings is 1. The number of hydrogen-bond donors (Lipinski definition) is 1. The van der Waals surface area contributed by atoms with Crippen molar-refractivity contribution in [3.63, 3.8) is 0 Å². The van der Waals surface area contributed by atoms with Gasteiger partial charge in [0.15, 0.2) is 11.9 Å². The molecule has 1 unspecified atom stereocenters. The molecule has 1 aromatic rings. The van der Waals surface area contributed by atoms with Gasteiger partial charge in [-0.15, -0.1) is 0 Å². The van der Waals surface area contributed by atoms with Gasteiger partial charge in [0.1, 0.15) is 6.61 Å². The summed E-state index contributed by atoms with van der Waals surface area (Å²) in [6, 6.07) is 2.62. The van der Waals surface area contributed by atoms with Gasteiger partial charge in [-0.25, -0.2) is 4.79 Å². The molecule has 1 saturated heterocycles. The first-order valence-corrected chi connectivity index (χ1v) is 6.95. The number of rotatable bonds is 5. The lowest BCUT2D eigenvalue weighted by atomic mass is 10.2. The third-order valence-electron chi connectivity index (χ3n) is 2.75. The van der Waals surface area contributed by atoms with Gasteiger partial charge in [-0.05, 0) is 12.1 Å². The first kappa shape index (κ1) is 16.3. The summed E-state index contributed by atoms with van der Waals surface area (Å²) in [5.41, 5.74) is 0.0492. The molecule has 6 nitrogen and oxygen atoms in total. The molecule has 0 aliphatic carbocycles. The van der Waals surface area contributed by atoms with Crippen molar-refractivity contribution in [2.45, 2.75) is 12.5 Å². The minimum atomic E-state index is -1.14. The summed E-state index contributed by atoms with van der Waals surface area (Å²) in [5, 5.41) is 2.28. The average Bonchev–Trinajstić information content (AvgIpc) is 2.75. The van der Waals surface area contributed by atoms with Crippen LogP contribution in [0, 0.1) is 0 Å². The van der Waals surface area contributed by atoms with Gasteiger partial charge in [0.25, 0.3) is 5.91 Å². The maximum Gasteiger partial charge on any atom is 0.339 e. The van der Waals surface area contributed by atoms with Crippen LogP contribution in [0.1, 0.15) is 16.8 Å². The van der Waals surface area contributed by atoms with Crippen LogP contribution in [0.15, 0.2) is 24.8 Å². The molecule has 1 atom stereocenters. The SMILES string of the molecule is C=CCOc1c(Cl)cc(C(=O)OC2CC(=O)NC2=O)cc1Cl. The second kappa shape index (κ2) is 6.81. The molecule has 1 aliphatic heterocycles. The summed E-state index contributed by atoms with van der Waals surface area (Å²) in [6.07, 6.45) is 0.172. The minimum absolute atomic E-state index is 0.0492. The molecule has 22 heavy (non-hydrogen) atoms. The lowest BCUT2D eigenvalue weighted by Crippen LogP contribution is -2.28. The summed E-state index contributed by atoms with van der Waals surface area (Å²) < 4.78 is 10.2. The van der Waals surface area contributed by atoms with Crippen molar-refractivity contribution in [1.29, 1.82) is 0 Å². The molecular formula is C14H11Cl2NO5. The fraction of sp³-hybridized carbons (Fsp3) is 0.214. The van der Waals surface area contributed by atoms with Crippen molar-refractivity contribution in [3.05, 3.63) is 40.4 Å². The summed E-state index contributed by atoms with van der Waals surface area (Å²) in [5.74, 6) is -1.74. The van der Waals surface area contributed by atoms with E-state index >= 15 is 0 Å². The van der Waals surface area contributed by atoms with Crippen molar-refractivity contribution in [2.24, 2.45) is 0 Å². The Balaban J connectivity index is 2.15. The third-order valence-corrected chi connectivity index (χ3v) is 3.32. The van der Waals surface area contributed by atoms with E-state index in [1.54, 1.807) is 0 Å². The maximum absolute atomic E-state index is 12.0. The van der Waals surface area contributed by atoms with E-state index in [0.717, 1.165) is 0 Å². The summed E-state index contributed by atoms with van der Waals surface area (Å²) in [4.78, 5) is 34.4. The van der Waals surface area contributed by atoms with E-state index in [2.05, 4.69) is 6.58 Å². The van der Waals surface area contributed by atoms with Gasteiger partial charge in [0.2, 0.25) is 5.91 Å². The zero-order chi connectivity index (χ0) is 16.3. The average molecular weight is 344 g/mol. The van der Waals surface area contributed by atoms with Crippen LogP contribution in [0.5, 0.6) is 5.75 Å². The Labute approximate surface area is 136 Å². The van der Waals surface area contributed by atoms with Crippen LogP contribution >= 0.6 is 23.2 Å². The summed E-state index contributed by atoms with van der Waals surface area (Å²) >= 11 is 12.0. The van der Waals surface area contributed by atoms with E-state index in [9.17, 15) is 14.4 Å². The van der Waals surface area contributed by atoms with E-state index in [1.807, 2.05) is 5.32 Å². The zero-order valence-electron chi connectivity index (χ0n) is 11.2. The van der Waals surface area contributed by atoms with Crippen molar-refractivity contribution in [3.8, 4) is 5.75 Å². The largest absolute Gasteiger partial charge is 0.486 e. The summed E-state index contributed by atoms with van der Waals surface area (Å²) in [6.45, 7) is 3.70. The lowest BCUT2D eigenvalue weighted by Gasteiger charge is -2.12. The Hall–Kier alpha value is -2.05. The number of hydrogen-bond acceptors (Lipinski definition) is 5. The number of amides is 2. The third kappa shape index (κ3) is 3.58. The molecule has 0 bridgehead atoms. The van der Waals surface area contributed by atoms with E-state index in [4.69, 9.17) is 32.7 Å². The van der Waals surface area contributed by atoms with Gasteiger partial charge in [-0.2, -0.15) is 0 Å². The highest BCUT2D eigenvalue weighted by atomic mass is 35.5. The monoisotopic (exact) mass is 343 g/mol. The minimum Gasteiger partial charge on any atom is -0.486 e. The summed E-state index contributed by atoms with van der Waals surface area (Å²) in [7, 11) is 0. The molecule has 1 aromatic carbocycles. The first-order chi connectivity index (χ1) is 10.4. The number of halogens is 2. The smallest absolute Gasteiger partial charge is 0.339 e. The van der Waals surface area contributed by atoms with E-state index in [1.165, 1.54) is 18.2 Å². The highest BCUT2D eigenvalue weighted by Crippen LogP contribution is 2.34. The predicted octanol–water partition coefficient (Wildman–Crippen LogP) is 2.13. The molecular weight excluding hydrogens is 333 g/mol. The number of esters is 1. The number of nitrogens with one attached hydrogen (secondary N) is 1. The second-order valence-corrected chi connectivity index (χ2v) is 5.19. The van der Waals surface area contributed by atoms with Crippen LogP contribution in [-0.2, 0) is 14.3 Å². The quantitative estimate of drug-likeness (QED) is 0.503. The molecule has 2 amide bonds. The highest BCUT2D eigenvalue weighted by Gasteiger charge is 2.34. The lowest BCUT2D eigenvalue weighted by molar-refractivity contribution is -0.128. The fourth-order valence-corrected chi connectivity index (χ4v) is 2.38. The molecule has 0 saturated carbocycles. The number of carbonyl (C=O) groups is 3. The Morgan fingerprint density at radius 1 is 1.36 bits per heavy atom. The van der Waals surface area contributed by atoms with Crippen molar-refractivity contribution in [2.75, 3.05) is 6.61 Å². The van der Waals surface area contributed by atoms with Crippen LogP contribution in [0.25, 0.3) is 0 Å². The highest BCUT2D eigenvalue weighted by molar-refractivity contribution is 6.37. The van der Waals surface area contributed by atoms with Crippen molar-refractivity contribution >= 4 is 41.0 Å². The van der Waals surface area contributed by atoms with Gasteiger partial charge >= 0.3 is 5.97 Å². The zero-order valence-corrected chi connectivity index (χ0v) is 12.7. The van der Waals surface area contributed by atoms with Crippen LogP contribution in [0.2, 0.25) is 10.0 Å². The van der Waals surface area contributed by atoms with E-state index in [-0.39, 0.29) is 34.4 Å². The Kier molecular flexibility index (Phi) is 5.05. The molecule has 1 N–H and O–H groups in total. The predicted molar refractivity (Wildman–Crippen MR) is 79.1 cm³/mol. The topological polar surface area (TPSA) is 81.7 Å². The molecule has 116 valence electrons. The number of carbonyl (C=O) groups excluding carboxylic acids is 3. The van der Waals surface area contributed by atoms with E-state index < -0.39 is 23.9 Å². The standard InChI is InChI=1S/C14H11Cl2NO5/c1-2-3-21-12-8(15)4-7(5-9(12)16)14(20)22-10-6-11(18)17-13(10)19/h2,4-5,10H,1,3,6H2,(H,17,18,19). The Morgan fingerprint density at radius 3 is 2.50 bits per heavy atom. The van der Waals surface area contributed by atoms with Crippen LogP contribution in [-0.4, -0.2) is 30.5 Å². The molecule has 1 fully saturated rings. The van der Waals surface area contributed by atoms with Gasteiger partial charge in [-0.1, -0.05) is 35.9 Å². The fourth-order valence-electron chi connectivity index (χ4n) is 1.78. The number of imide groups is 1. The number of ether oxygens (including phenoxy) is 2. The molecule has 0 aromatic heterocycles. The molecule has 1 heterocycles. The first-order valence-electron chi connectivity index (χ1n) is 6.19. The van der Waals surface area contributed by atoms with Gasteiger partial charge in [-0.3, -0.25) is 14.9 Å². The normalized spacial score (nSPS) is 17.1. The van der Waals surface area contributed by atoms with Crippen molar-refractivity contribution < 1.29 is 23.9 Å². The molecule has 1 aliphatic rings. The second-order valence-electron chi connectivity index (χ2n) is 4.38. The molecule has 0 radical (unpaired) electrons. The van der Waals surface area contributed by atoms with Crippen LogP contribution in [0.4, 0.5) is 0 Å². The molecule has 2 rings (SSSR count). The van der Waals surface area contributed by atoms with Crippen molar-refractivity contribution in [1.82, 2.24) is 5.32 Å². The van der Waals surface area contributed by atoms with Crippen LogP contribution < -0.4 is 10.1 Å².